The molecule has 0 aliphatic carbocycles. The molecule has 5 heteroatoms. The highest BCUT2D eigenvalue weighted by Crippen LogP contribution is 2.27. The van der Waals surface area contributed by atoms with Gasteiger partial charge in [-0.25, -0.2) is 0 Å². The number of carbonyl (C=O) groups is 2. The van der Waals surface area contributed by atoms with Crippen LogP contribution >= 0.6 is 0 Å². The molecule has 0 aliphatic rings. The first kappa shape index (κ1) is 22.1. The van der Waals surface area contributed by atoms with Gasteiger partial charge in [0.15, 0.2) is 6.10 Å². The first-order valence-electron chi connectivity index (χ1n) is 11.0. The third-order valence-electron chi connectivity index (χ3n) is 5.41. The summed E-state index contributed by atoms with van der Waals surface area (Å²) in [4.78, 5) is 25.9. The van der Waals surface area contributed by atoms with Crippen LogP contribution in [0, 0.1) is 0 Å². The van der Waals surface area contributed by atoms with Gasteiger partial charge in [-0.15, -0.1) is 0 Å². The zero-order valence-corrected chi connectivity index (χ0v) is 18.5. The summed E-state index contributed by atoms with van der Waals surface area (Å²) in [5.41, 5.74) is 1.86. The lowest BCUT2D eigenvalue weighted by molar-refractivity contribution is -0.122. The van der Waals surface area contributed by atoms with Gasteiger partial charge in [0.1, 0.15) is 5.75 Å². The number of hydrogen-bond acceptors (Lipinski definition) is 3. The Bertz CT molecular complexity index is 1250. The van der Waals surface area contributed by atoms with Crippen molar-refractivity contribution in [2.24, 2.45) is 0 Å². The summed E-state index contributed by atoms with van der Waals surface area (Å²) in [6.07, 6.45) is -0.214. The SMILES string of the molecule is CC[C@@H](Oc1cccc2ccccc12)C(=O)Nc1ccccc1C(=O)NCc1ccccc1. The third kappa shape index (κ3) is 5.39. The number of carbonyl (C=O) groups excluding carboxylic acids is 2. The van der Waals surface area contributed by atoms with Crippen LogP contribution < -0.4 is 15.4 Å². The quantitative estimate of drug-likeness (QED) is 0.378. The number of ether oxygens (including phenoxy) is 1. The van der Waals surface area contributed by atoms with Crippen LogP contribution in [0.4, 0.5) is 5.69 Å². The summed E-state index contributed by atoms with van der Waals surface area (Å²) in [5, 5.41) is 7.79. The van der Waals surface area contributed by atoms with E-state index in [9.17, 15) is 9.59 Å². The Morgan fingerprint density at radius 2 is 1.52 bits per heavy atom. The summed E-state index contributed by atoms with van der Waals surface area (Å²) < 4.78 is 6.10. The molecule has 0 saturated heterocycles. The highest BCUT2D eigenvalue weighted by molar-refractivity contribution is 6.04. The highest BCUT2D eigenvalue weighted by atomic mass is 16.5. The Morgan fingerprint density at radius 1 is 0.818 bits per heavy atom. The molecule has 0 fully saturated rings. The largest absolute Gasteiger partial charge is 0.480 e. The number of nitrogens with one attached hydrogen (secondary N) is 2. The molecule has 0 aliphatic heterocycles. The summed E-state index contributed by atoms with van der Waals surface area (Å²) in [7, 11) is 0. The van der Waals surface area contributed by atoms with Crippen molar-refractivity contribution in [3.63, 3.8) is 0 Å². The van der Waals surface area contributed by atoms with E-state index < -0.39 is 6.10 Å². The van der Waals surface area contributed by atoms with Gasteiger partial charge in [-0.05, 0) is 35.6 Å². The average Bonchev–Trinajstić information content (AvgIpc) is 2.86. The zero-order valence-electron chi connectivity index (χ0n) is 18.5. The molecule has 0 saturated carbocycles. The van der Waals surface area contributed by atoms with E-state index in [1.807, 2.05) is 79.7 Å². The Hall–Kier alpha value is -4.12. The monoisotopic (exact) mass is 438 g/mol. The normalized spacial score (nSPS) is 11.5. The molecule has 2 N–H and O–H groups in total. The number of fused-ring (bicyclic) bond motifs is 1. The number of amides is 2. The fourth-order valence-electron chi connectivity index (χ4n) is 3.65. The van der Waals surface area contributed by atoms with Gasteiger partial charge in [0, 0.05) is 11.9 Å². The van der Waals surface area contributed by atoms with E-state index in [1.165, 1.54) is 0 Å². The maximum Gasteiger partial charge on any atom is 0.265 e. The van der Waals surface area contributed by atoms with E-state index in [0.29, 0.717) is 30.0 Å². The second-order valence-electron chi connectivity index (χ2n) is 7.70. The molecule has 166 valence electrons. The zero-order chi connectivity index (χ0) is 23.0. The van der Waals surface area contributed by atoms with Crippen molar-refractivity contribution in [1.29, 1.82) is 0 Å². The molecule has 0 heterocycles. The van der Waals surface area contributed by atoms with Gasteiger partial charge in [0.25, 0.3) is 11.8 Å². The lowest BCUT2D eigenvalue weighted by atomic mass is 10.1. The summed E-state index contributed by atoms with van der Waals surface area (Å²) in [5.74, 6) is 0.107. The molecule has 4 rings (SSSR count). The van der Waals surface area contributed by atoms with Crippen molar-refractivity contribution in [3.8, 4) is 5.75 Å². The van der Waals surface area contributed by atoms with Crippen molar-refractivity contribution in [1.82, 2.24) is 5.32 Å². The predicted octanol–water partition coefficient (Wildman–Crippen LogP) is 5.57. The third-order valence-corrected chi connectivity index (χ3v) is 5.41. The van der Waals surface area contributed by atoms with Gasteiger partial charge >= 0.3 is 0 Å². The maximum absolute atomic E-state index is 13.1. The minimum atomic E-state index is -0.698. The average molecular weight is 439 g/mol. The fourth-order valence-corrected chi connectivity index (χ4v) is 3.65. The number of para-hydroxylation sites is 1. The summed E-state index contributed by atoms with van der Waals surface area (Å²) >= 11 is 0. The number of rotatable bonds is 8. The first-order valence-corrected chi connectivity index (χ1v) is 11.0. The first-order chi connectivity index (χ1) is 16.2. The van der Waals surface area contributed by atoms with Crippen molar-refractivity contribution in [3.05, 3.63) is 108 Å². The van der Waals surface area contributed by atoms with Gasteiger partial charge in [0.05, 0.1) is 11.3 Å². The second kappa shape index (κ2) is 10.5. The minimum Gasteiger partial charge on any atom is -0.480 e. The van der Waals surface area contributed by atoms with E-state index >= 15 is 0 Å². The van der Waals surface area contributed by atoms with Crippen molar-refractivity contribution < 1.29 is 14.3 Å². The summed E-state index contributed by atoms with van der Waals surface area (Å²) in [6, 6.07) is 30.3. The molecule has 4 aromatic carbocycles. The number of benzene rings is 4. The Kier molecular flexibility index (Phi) is 7.00. The lowest BCUT2D eigenvalue weighted by Crippen LogP contribution is -2.33. The van der Waals surface area contributed by atoms with Gasteiger partial charge in [0.2, 0.25) is 0 Å². The van der Waals surface area contributed by atoms with Crippen molar-refractivity contribution in [2.45, 2.75) is 26.0 Å². The van der Waals surface area contributed by atoms with E-state index in [-0.39, 0.29) is 11.8 Å². The molecular formula is C28H26N2O3. The maximum atomic E-state index is 13.1. The molecule has 2 amide bonds. The predicted molar refractivity (Wildman–Crippen MR) is 131 cm³/mol. The van der Waals surface area contributed by atoms with Gasteiger partial charge in [-0.2, -0.15) is 0 Å². The Balaban J connectivity index is 1.47. The van der Waals surface area contributed by atoms with E-state index in [1.54, 1.807) is 24.3 Å². The molecule has 0 spiro atoms. The van der Waals surface area contributed by atoms with Crippen LogP contribution in [0.5, 0.6) is 5.75 Å². The second-order valence-corrected chi connectivity index (χ2v) is 7.70. The molecule has 0 bridgehead atoms. The highest BCUT2D eigenvalue weighted by Gasteiger charge is 2.21. The summed E-state index contributed by atoms with van der Waals surface area (Å²) in [6.45, 7) is 2.30. The van der Waals surface area contributed by atoms with Gasteiger partial charge in [-0.1, -0.05) is 85.8 Å². The minimum absolute atomic E-state index is 0.252. The Labute approximate surface area is 193 Å². The molecular weight excluding hydrogens is 412 g/mol. The van der Waals surface area contributed by atoms with E-state index in [2.05, 4.69) is 10.6 Å². The van der Waals surface area contributed by atoms with Crippen LogP contribution in [0.25, 0.3) is 10.8 Å². The molecule has 0 radical (unpaired) electrons. The van der Waals surface area contributed by atoms with Crippen LogP contribution in [-0.4, -0.2) is 17.9 Å². The van der Waals surface area contributed by atoms with Gasteiger partial charge in [-0.3, -0.25) is 9.59 Å². The van der Waals surface area contributed by atoms with Crippen molar-refractivity contribution >= 4 is 28.3 Å². The Morgan fingerprint density at radius 3 is 2.33 bits per heavy atom. The smallest absolute Gasteiger partial charge is 0.265 e. The van der Waals surface area contributed by atoms with Crippen LogP contribution in [-0.2, 0) is 11.3 Å². The molecule has 33 heavy (non-hydrogen) atoms. The standard InChI is InChI=1S/C28H26N2O3/c1-2-25(33-26-18-10-14-21-13-6-7-15-22(21)26)28(32)30-24-17-9-8-16-23(24)27(31)29-19-20-11-4-3-5-12-20/h3-18,25H,2,19H2,1H3,(H,29,31)(H,30,32)/t25-/m1/s1. The van der Waals surface area contributed by atoms with Crippen LogP contribution in [0.2, 0.25) is 0 Å². The van der Waals surface area contributed by atoms with Crippen molar-refractivity contribution in [2.75, 3.05) is 5.32 Å². The van der Waals surface area contributed by atoms with Gasteiger partial charge < -0.3 is 15.4 Å². The van der Waals surface area contributed by atoms with E-state index in [4.69, 9.17) is 4.74 Å². The molecule has 0 unspecified atom stereocenters. The number of hydrogen-bond donors (Lipinski definition) is 2. The molecule has 0 aromatic heterocycles. The molecule has 4 aromatic rings. The lowest BCUT2D eigenvalue weighted by Gasteiger charge is -2.19. The topological polar surface area (TPSA) is 67.4 Å². The van der Waals surface area contributed by atoms with Crippen LogP contribution in [0.1, 0.15) is 29.3 Å². The fraction of sp³-hybridized carbons (Fsp3) is 0.143. The van der Waals surface area contributed by atoms with Crippen LogP contribution in [0.3, 0.4) is 0 Å². The molecule has 1 atom stereocenters. The van der Waals surface area contributed by atoms with Crippen LogP contribution in [0.15, 0.2) is 97.1 Å². The molecule has 5 nitrogen and oxygen atoms in total. The number of anilines is 1. The van der Waals surface area contributed by atoms with E-state index in [0.717, 1.165) is 16.3 Å².